The van der Waals surface area contributed by atoms with Gasteiger partial charge in [-0.2, -0.15) is 4.31 Å². The van der Waals surface area contributed by atoms with E-state index >= 15 is 0 Å². The summed E-state index contributed by atoms with van der Waals surface area (Å²) in [6.45, 7) is 10.4. The van der Waals surface area contributed by atoms with E-state index in [9.17, 15) is 13.5 Å². The molecule has 0 aliphatic carbocycles. The van der Waals surface area contributed by atoms with E-state index in [1.807, 2.05) is 34.6 Å². The molecule has 0 radical (unpaired) electrons. The van der Waals surface area contributed by atoms with Crippen LogP contribution in [0.3, 0.4) is 0 Å². The van der Waals surface area contributed by atoms with Crippen molar-refractivity contribution < 1.29 is 13.5 Å². The van der Waals surface area contributed by atoms with Crippen molar-refractivity contribution in [2.24, 2.45) is 0 Å². The van der Waals surface area contributed by atoms with Crippen molar-refractivity contribution in [3.8, 4) is 0 Å². The molecule has 1 saturated heterocycles. The molecule has 1 unspecified atom stereocenters. The first-order valence-corrected chi connectivity index (χ1v) is 8.87. The summed E-state index contributed by atoms with van der Waals surface area (Å²) in [5.41, 5.74) is 4.89. The molecule has 0 aromatic heterocycles. The number of hydrogen-bond acceptors (Lipinski definition) is 3. The van der Waals surface area contributed by atoms with Gasteiger partial charge >= 0.3 is 0 Å². The molecule has 4 nitrogen and oxygen atoms in total. The van der Waals surface area contributed by atoms with Gasteiger partial charge in [0.05, 0.1) is 11.0 Å². The second-order valence-electron chi connectivity index (χ2n) is 6.11. The van der Waals surface area contributed by atoms with Gasteiger partial charge in [-0.05, 0) is 75.3 Å². The average Bonchev–Trinajstić information content (AvgIpc) is 2.43. The smallest absolute Gasteiger partial charge is 0.243 e. The lowest BCUT2D eigenvalue weighted by atomic mass is 9.95. The highest BCUT2D eigenvalue weighted by Gasteiger charge is 2.32. The van der Waals surface area contributed by atoms with E-state index in [0.29, 0.717) is 24.3 Å². The molecule has 0 amide bonds. The third-order valence-electron chi connectivity index (χ3n) is 4.89. The second kappa shape index (κ2) is 5.71. The van der Waals surface area contributed by atoms with Crippen LogP contribution >= 0.6 is 0 Å². The zero-order chi connectivity index (χ0) is 15.9. The molecule has 21 heavy (non-hydrogen) atoms. The monoisotopic (exact) mass is 311 g/mol. The van der Waals surface area contributed by atoms with Crippen LogP contribution in [-0.2, 0) is 10.0 Å². The number of rotatable bonds is 2. The standard InChI is InChI=1S/C16H25NO3S/c1-10-11(2)13(4)16(14(5)12(10)3)21(19,20)17-8-6-7-15(18)9-17/h15,18H,6-9H2,1-5H3. The highest BCUT2D eigenvalue weighted by atomic mass is 32.2. The Balaban J connectivity index is 2.60. The molecule has 118 valence electrons. The van der Waals surface area contributed by atoms with Crippen molar-refractivity contribution in [2.75, 3.05) is 13.1 Å². The minimum Gasteiger partial charge on any atom is -0.392 e. The fourth-order valence-corrected chi connectivity index (χ4v) is 5.20. The summed E-state index contributed by atoms with van der Waals surface area (Å²) in [5, 5.41) is 9.78. The minimum atomic E-state index is -3.54. The van der Waals surface area contributed by atoms with Gasteiger partial charge in [0.25, 0.3) is 0 Å². The van der Waals surface area contributed by atoms with Crippen molar-refractivity contribution in [1.29, 1.82) is 0 Å². The van der Waals surface area contributed by atoms with Gasteiger partial charge in [-0.25, -0.2) is 8.42 Å². The fraction of sp³-hybridized carbons (Fsp3) is 0.625. The number of hydrogen-bond donors (Lipinski definition) is 1. The second-order valence-corrected chi connectivity index (χ2v) is 7.99. The molecular formula is C16H25NO3S. The molecule has 1 aliphatic rings. The third-order valence-corrected chi connectivity index (χ3v) is 7.03. The van der Waals surface area contributed by atoms with Crippen molar-refractivity contribution in [1.82, 2.24) is 4.31 Å². The molecule has 0 saturated carbocycles. The summed E-state index contributed by atoms with van der Waals surface area (Å²) < 4.78 is 27.4. The Morgan fingerprint density at radius 3 is 1.90 bits per heavy atom. The van der Waals surface area contributed by atoms with Crippen LogP contribution in [0.5, 0.6) is 0 Å². The Hall–Kier alpha value is -0.910. The van der Waals surface area contributed by atoms with E-state index in [0.717, 1.165) is 27.8 Å². The van der Waals surface area contributed by atoms with Crippen LogP contribution in [-0.4, -0.2) is 37.0 Å². The quantitative estimate of drug-likeness (QED) is 0.912. The Kier molecular flexibility index (Phi) is 4.47. The molecule has 1 aromatic carbocycles. The van der Waals surface area contributed by atoms with Gasteiger partial charge in [-0.15, -0.1) is 0 Å². The Morgan fingerprint density at radius 2 is 1.43 bits per heavy atom. The Labute approximate surface area is 127 Å². The summed E-state index contributed by atoms with van der Waals surface area (Å²) in [6.07, 6.45) is 0.833. The normalized spacial score (nSPS) is 20.8. The number of nitrogens with zero attached hydrogens (tertiary/aromatic N) is 1. The van der Waals surface area contributed by atoms with Crippen molar-refractivity contribution in [3.63, 3.8) is 0 Å². The maximum absolute atomic E-state index is 13.0. The van der Waals surface area contributed by atoms with E-state index in [-0.39, 0.29) is 6.54 Å². The van der Waals surface area contributed by atoms with Crippen molar-refractivity contribution in [2.45, 2.75) is 58.5 Å². The van der Waals surface area contributed by atoms with E-state index in [1.165, 1.54) is 4.31 Å². The zero-order valence-corrected chi connectivity index (χ0v) is 14.3. The van der Waals surface area contributed by atoms with E-state index in [4.69, 9.17) is 0 Å². The van der Waals surface area contributed by atoms with Gasteiger partial charge < -0.3 is 5.11 Å². The summed E-state index contributed by atoms with van der Waals surface area (Å²) >= 11 is 0. The molecule has 5 heteroatoms. The van der Waals surface area contributed by atoms with Gasteiger partial charge in [-0.1, -0.05) is 0 Å². The zero-order valence-electron chi connectivity index (χ0n) is 13.5. The van der Waals surface area contributed by atoms with Gasteiger partial charge in [0, 0.05) is 13.1 Å². The first-order valence-electron chi connectivity index (χ1n) is 7.43. The third kappa shape index (κ3) is 2.74. The number of β-amino-alcohol motifs (C(OH)–C–C–N with tert-alkyl or cyclic N) is 1. The molecule has 0 bridgehead atoms. The molecule has 1 aliphatic heterocycles. The highest BCUT2D eigenvalue weighted by Crippen LogP contribution is 2.32. The maximum Gasteiger partial charge on any atom is 0.243 e. The molecule has 0 spiro atoms. The maximum atomic E-state index is 13.0. The summed E-state index contributed by atoms with van der Waals surface area (Å²) in [6, 6.07) is 0. The number of aliphatic hydroxyl groups excluding tert-OH is 1. The molecule has 1 fully saturated rings. The first-order chi connectivity index (χ1) is 9.67. The van der Waals surface area contributed by atoms with Crippen LogP contribution in [0.2, 0.25) is 0 Å². The van der Waals surface area contributed by atoms with Crippen LogP contribution < -0.4 is 0 Å². The number of sulfonamides is 1. The van der Waals surface area contributed by atoms with E-state index < -0.39 is 16.1 Å². The fourth-order valence-electron chi connectivity index (χ4n) is 3.12. The van der Waals surface area contributed by atoms with Gasteiger partial charge in [-0.3, -0.25) is 0 Å². The van der Waals surface area contributed by atoms with Crippen LogP contribution in [0.25, 0.3) is 0 Å². The van der Waals surface area contributed by atoms with Crippen LogP contribution in [0, 0.1) is 34.6 Å². The summed E-state index contributed by atoms with van der Waals surface area (Å²) in [5.74, 6) is 0. The average molecular weight is 311 g/mol. The van der Waals surface area contributed by atoms with Crippen LogP contribution in [0.1, 0.15) is 40.7 Å². The lowest BCUT2D eigenvalue weighted by Crippen LogP contribution is -2.42. The van der Waals surface area contributed by atoms with Crippen LogP contribution in [0.4, 0.5) is 0 Å². The lowest BCUT2D eigenvalue weighted by Gasteiger charge is -2.31. The number of piperidine rings is 1. The minimum absolute atomic E-state index is 0.202. The lowest BCUT2D eigenvalue weighted by molar-refractivity contribution is 0.108. The van der Waals surface area contributed by atoms with Gasteiger partial charge in [0.2, 0.25) is 10.0 Å². The predicted octanol–water partition coefficient (Wildman–Crippen LogP) is 2.37. The number of benzene rings is 1. The topological polar surface area (TPSA) is 57.6 Å². The van der Waals surface area contributed by atoms with Gasteiger partial charge in [0.1, 0.15) is 0 Å². The first kappa shape index (κ1) is 16.5. The molecule has 2 rings (SSSR count). The highest BCUT2D eigenvalue weighted by molar-refractivity contribution is 7.89. The molecule has 1 N–H and O–H groups in total. The van der Waals surface area contributed by atoms with Crippen molar-refractivity contribution in [3.05, 3.63) is 27.8 Å². The van der Waals surface area contributed by atoms with E-state index in [2.05, 4.69) is 0 Å². The summed E-state index contributed by atoms with van der Waals surface area (Å²) in [7, 11) is -3.54. The van der Waals surface area contributed by atoms with Crippen LogP contribution in [0.15, 0.2) is 4.90 Å². The number of aliphatic hydroxyl groups is 1. The molecule has 1 aromatic rings. The van der Waals surface area contributed by atoms with Crippen molar-refractivity contribution >= 4 is 10.0 Å². The summed E-state index contributed by atoms with van der Waals surface area (Å²) in [4.78, 5) is 0.428. The van der Waals surface area contributed by atoms with Gasteiger partial charge in [0.15, 0.2) is 0 Å². The Bertz CT molecular complexity index is 636. The largest absolute Gasteiger partial charge is 0.392 e. The molecule has 1 heterocycles. The van der Waals surface area contributed by atoms with E-state index in [1.54, 1.807) is 0 Å². The molecule has 1 atom stereocenters. The SMILES string of the molecule is Cc1c(C)c(C)c(S(=O)(=O)N2CCCC(O)C2)c(C)c1C. The Morgan fingerprint density at radius 1 is 0.952 bits per heavy atom. The predicted molar refractivity (Wildman–Crippen MR) is 84.1 cm³/mol. The molecular weight excluding hydrogens is 286 g/mol.